The number of rotatable bonds is 3. The summed E-state index contributed by atoms with van der Waals surface area (Å²) in [6, 6.07) is 4.17. The van der Waals surface area contributed by atoms with E-state index in [1.807, 2.05) is 0 Å². The SMILES string of the molecule is Cc1cc(Br)cc(C)c1OCC(C)C. The molecule has 0 saturated carbocycles. The fourth-order valence-electron chi connectivity index (χ4n) is 1.38. The predicted molar refractivity (Wildman–Crippen MR) is 63.9 cm³/mol. The van der Waals surface area contributed by atoms with Gasteiger partial charge in [0.05, 0.1) is 6.61 Å². The predicted octanol–water partition coefficient (Wildman–Crippen LogP) is 4.10. The maximum Gasteiger partial charge on any atom is 0.125 e. The third kappa shape index (κ3) is 3.02. The third-order valence-electron chi connectivity index (χ3n) is 1.99. The molecule has 0 aliphatic rings. The molecule has 0 aliphatic heterocycles. The Morgan fingerprint density at radius 2 is 1.71 bits per heavy atom. The van der Waals surface area contributed by atoms with E-state index in [9.17, 15) is 0 Å². The van der Waals surface area contributed by atoms with Gasteiger partial charge in [0, 0.05) is 4.47 Å². The summed E-state index contributed by atoms with van der Waals surface area (Å²) < 4.78 is 6.88. The Kier molecular flexibility index (Phi) is 3.99. The van der Waals surface area contributed by atoms with Gasteiger partial charge in [-0.3, -0.25) is 0 Å². The van der Waals surface area contributed by atoms with Gasteiger partial charge < -0.3 is 4.74 Å². The summed E-state index contributed by atoms with van der Waals surface area (Å²) in [5.41, 5.74) is 2.38. The lowest BCUT2D eigenvalue weighted by Crippen LogP contribution is -2.06. The molecule has 0 N–H and O–H groups in total. The highest BCUT2D eigenvalue weighted by Gasteiger charge is 2.06. The molecule has 0 unspecified atom stereocenters. The Morgan fingerprint density at radius 3 is 2.14 bits per heavy atom. The second kappa shape index (κ2) is 4.83. The Hall–Kier alpha value is -0.500. The number of benzene rings is 1. The Morgan fingerprint density at radius 1 is 1.21 bits per heavy atom. The molecule has 0 bridgehead atoms. The molecule has 0 saturated heterocycles. The molecule has 1 nitrogen and oxygen atoms in total. The zero-order valence-corrected chi connectivity index (χ0v) is 10.8. The molecule has 0 radical (unpaired) electrons. The van der Waals surface area contributed by atoms with Crippen molar-refractivity contribution in [1.29, 1.82) is 0 Å². The second-order valence-electron chi connectivity index (χ2n) is 4.07. The molecule has 1 aromatic carbocycles. The average Bonchev–Trinajstić information content (AvgIpc) is 2.01. The van der Waals surface area contributed by atoms with Crippen LogP contribution >= 0.6 is 15.9 Å². The van der Waals surface area contributed by atoms with Crippen molar-refractivity contribution in [3.63, 3.8) is 0 Å². The molecule has 0 atom stereocenters. The molecule has 1 rings (SSSR count). The summed E-state index contributed by atoms with van der Waals surface area (Å²) in [7, 11) is 0. The molecule has 14 heavy (non-hydrogen) atoms. The van der Waals surface area contributed by atoms with Gasteiger partial charge in [-0.25, -0.2) is 0 Å². The van der Waals surface area contributed by atoms with Crippen LogP contribution in [0.5, 0.6) is 5.75 Å². The molecule has 0 aliphatic carbocycles. The lowest BCUT2D eigenvalue weighted by Gasteiger charge is -2.14. The second-order valence-corrected chi connectivity index (χ2v) is 4.99. The van der Waals surface area contributed by atoms with E-state index in [0.717, 1.165) is 16.8 Å². The summed E-state index contributed by atoms with van der Waals surface area (Å²) in [5.74, 6) is 1.60. The summed E-state index contributed by atoms with van der Waals surface area (Å²) in [5, 5.41) is 0. The summed E-state index contributed by atoms with van der Waals surface area (Å²) in [6.45, 7) is 9.25. The molecule has 0 fully saturated rings. The Balaban J connectivity index is 2.86. The van der Waals surface area contributed by atoms with Gasteiger partial charge in [0.2, 0.25) is 0 Å². The van der Waals surface area contributed by atoms with Crippen molar-refractivity contribution < 1.29 is 4.74 Å². The van der Waals surface area contributed by atoms with E-state index in [2.05, 4.69) is 55.8 Å². The van der Waals surface area contributed by atoms with Crippen LogP contribution in [0.2, 0.25) is 0 Å². The van der Waals surface area contributed by atoms with E-state index in [-0.39, 0.29) is 0 Å². The maximum absolute atomic E-state index is 5.76. The van der Waals surface area contributed by atoms with Gasteiger partial charge in [0.15, 0.2) is 0 Å². The number of ether oxygens (including phenoxy) is 1. The van der Waals surface area contributed by atoms with Crippen molar-refractivity contribution in [3.8, 4) is 5.75 Å². The van der Waals surface area contributed by atoms with Crippen molar-refractivity contribution in [2.75, 3.05) is 6.61 Å². The molecule has 2 heteroatoms. The lowest BCUT2D eigenvalue weighted by molar-refractivity contribution is 0.268. The van der Waals surface area contributed by atoms with Crippen LogP contribution in [-0.4, -0.2) is 6.61 Å². The summed E-state index contributed by atoms with van der Waals surface area (Å²) >= 11 is 3.47. The van der Waals surface area contributed by atoms with Crippen LogP contribution in [0.4, 0.5) is 0 Å². The van der Waals surface area contributed by atoms with E-state index in [4.69, 9.17) is 4.74 Å². The number of halogens is 1. The van der Waals surface area contributed by atoms with E-state index < -0.39 is 0 Å². The van der Waals surface area contributed by atoms with Crippen LogP contribution in [0.1, 0.15) is 25.0 Å². The Labute approximate surface area is 94.6 Å². The van der Waals surface area contributed by atoms with Gasteiger partial charge in [-0.05, 0) is 43.0 Å². The summed E-state index contributed by atoms with van der Waals surface area (Å²) in [6.07, 6.45) is 0. The van der Waals surface area contributed by atoms with E-state index in [0.29, 0.717) is 5.92 Å². The minimum absolute atomic E-state index is 0.567. The summed E-state index contributed by atoms with van der Waals surface area (Å²) in [4.78, 5) is 0. The van der Waals surface area contributed by atoms with Gasteiger partial charge in [-0.2, -0.15) is 0 Å². The first-order chi connectivity index (χ1) is 6.50. The van der Waals surface area contributed by atoms with Gasteiger partial charge in [0.1, 0.15) is 5.75 Å². The Bertz CT molecular complexity index is 295. The van der Waals surface area contributed by atoms with Gasteiger partial charge in [-0.1, -0.05) is 29.8 Å². The van der Waals surface area contributed by atoms with Gasteiger partial charge >= 0.3 is 0 Å². The van der Waals surface area contributed by atoms with Crippen molar-refractivity contribution in [3.05, 3.63) is 27.7 Å². The highest BCUT2D eigenvalue weighted by Crippen LogP contribution is 2.27. The van der Waals surface area contributed by atoms with Crippen LogP contribution < -0.4 is 4.74 Å². The van der Waals surface area contributed by atoms with Crippen LogP contribution in [0.15, 0.2) is 16.6 Å². The monoisotopic (exact) mass is 256 g/mol. The molecule has 78 valence electrons. The maximum atomic E-state index is 5.76. The van der Waals surface area contributed by atoms with Crippen LogP contribution in [-0.2, 0) is 0 Å². The molecular formula is C12H17BrO. The minimum atomic E-state index is 0.567. The first kappa shape index (κ1) is 11.6. The van der Waals surface area contributed by atoms with Crippen molar-refractivity contribution in [2.24, 2.45) is 5.92 Å². The van der Waals surface area contributed by atoms with E-state index >= 15 is 0 Å². The third-order valence-corrected chi connectivity index (χ3v) is 2.44. The van der Waals surface area contributed by atoms with Crippen LogP contribution in [0.25, 0.3) is 0 Å². The first-order valence-electron chi connectivity index (χ1n) is 4.90. The highest BCUT2D eigenvalue weighted by molar-refractivity contribution is 9.10. The quantitative estimate of drug-likeness (QED) is 0.792. The smallest absolute Gasteiger partial charge is 0.125 e. The van der Waals surface area contributed by atoms with Crippen molar-refractivity contribution in [1.82, 2.24) is 0 Å². The molecule has 0 heterocycles. The van der Waals surface area contributed by atoms with E-state index in [1.165, 1.54) is 11.1 Å². The number of hydrogen-bond donors (Lipinski definition) is 0. The largest absolute Gasteiger partial charge is 0.493 e. The van der Waals surface area contributed by atoms with Crippen molar-refractivity contribution >= 4 is 15.9 Å². The zero-order chi connectivity index (χ0) is 10.7. The minimum Gasteiger partial charge on any atom is -0.493 e. The molecule has 0 spiro atoms. The van der Waals surface area contributed by atoms with Crippen molar-refractivity contribution in [2.45, 2.75) is 27.7 Å². The molecular weight excluding hydrogens is 240 g/mol. The molecule has 0 amide bonds. The van der Waals surface area contributed by atoms with Crippen LogP contribution in [0, 0.1) is 19.8 Å². The number of hydrogen-bond acceptors (Lipinski definition) is 1. The number of aryl methyl sites for hydroxylation is 2. The van der Waals surface area contributed by atoms with Gasteiger partial charge in [0.25, 0.3) is 0 Å². The highest BCUT2D eigenvalue weighted by atomic mass is 79.9. The topological polar surface area (TPSA) is 9.23 Å². The van der Waals surface area contributed by atoms with E-state index in [1.54, 1.807) is 0 Å². The zero-order valence-electron chi connectivity index (χ0n) is 9.23. The average molecular weight is 257 g/mol. The fraction of sp³-hybridized carbons (Fsp3) is 0.500. The normalized spacial score (nSPS) is 10.7. The molecule has 1 aromatic rings. The standard InChI is InChI=1S/C12H17BrO/c1-8(2)7-14-12-9(3)5-11(13)6-10(12)4/h5-6,8H,7H2,1-4H3. The lowest BCUT2D eigenvalue weighted by atomic mass is 10.1. The van der Waals surface area contributed by atoms with Crippen LogP contribution in [0.3, 0.4) is 0 Å². The first-order valence-corrected chi connectivity index (χ1v) is 5.69. The van der Waals surface area contributed by atoms with Gasteiger partial charge in [-0.15, -0.1) is 0 Å². The fourth-order valence-corrected chi connectivity index (χ4v) is 2.06. The molecule has 0 aromatic heterocycles.